The van der Waals surface area contributed by atoms with Crippen LogP contribution in [0, 0.1) is 0 Å². The maximum Gasteiger partial charge on any atom is 0.189 e. The predicted molar refractivity (Wildman–Crippen MR) is 112 cm³/mol. The van der Waals surface area contributed by atoms with Crippen molar-refractivity contribution in [2.45, 2.75) is 32.6 Å². The largest absolute Gasteiger partial charge is 0.497 e. The lowest BCUT2D eigenvalue weighted by Crippen LogP contribution is -2.00. The Morgan fingerprint density at radius 3 is 2.41 bits per heavy atom. The second-order valence-corrected chi connectivity index (χ2v) is 6.35. The third-order valence-corrected chi connectivity index (χ3v) is 4.34. The molecule has 0 aromatic heterocycles. The van der Waals surface area contributed by atoms with Crippen molar-refractivity contribution in [2.24, 2.45) is 0 Å². The summed E-state index contributed by atoms with van der Waals surface area (Å²) in [6, 6.07) is 15.4. The maximum absolute atomic E-state index is 12.7. The fourth-order valence-corrected chi connectivity index (χ4v) is 2.83. The second kappa shape index (κ2) is 11.0. The zero-order chi connectivity index (χ0) is 19.5. The molecule has 0 radical (unpaired) electrons. The fraction of sp³-hybridized carbons (Fsp3) is 0.292. The van der Waals surface area contributed by atoms with Gasteiger partial charge in [-0.3, -0.25) is 4.79 Å². The van der Waals surface area contributed by atoms with Crippen LogP contribution < -0.4 is 9.47 Å². The molecule has 27 heavy (non-hydrogen) atoms. The molecule has 0 aliphatic rings. The number of hydrogen-bond acceptors (Lipinski definition) is 3. The number of ketones is 1. The number of unbranched alkanes of at least 4 members (excludes halogenated alkanes) is 2. The first-order valence-corrected chi connectivity index (χ1v) is 9.38. The molecule has 0 bridgehead atoms. The van der Waals surface area contributed by atoms with Crippen molar-refractivity contribution in [3.8, 4) is 11.5 Å². The standard InChI is InChI=1S/C24H28O3/c1-4-5-7-10-20(17-19-11-8-6-9-12-19)13-15-23(25)22-18-21(26-2)14-16-24(22)27-3/h6,8-9,11-18H,4-5,7,10H2,1-3H3/b15-13+,20-17-. The molecule has 0 saturated heterocycles. The van der Waals surface area contributed by atoms with E-state index in [-0.39, 0.29) is 5.78 Å². The van der Waals surface area contributed by atoms with E-state index in [1.54, 1.807) is 38.5 Å². The highest BCUT2D eigenvalue weighted by Gasteiger charge is 2.11. The van der Waals surface area contributed by atoms with Gasteiger partial charge in [0.15, 0.2) is 5.78 Å². The van der Waals surface area contributed by atoms with E-state index in [1.807, 2.05) is 24.3 Å². The van der Waals surface area contributed by atoms with Crippen LogP contribution >= 0.6 is 0 Å². The van der Waals surface area contributed by atoms with E-state index in [0.29, 0.717) is 17.1 Å². The predicted octanol–water partition coefficient (Wildman–Crippen LogP) is 6.11. The van der Waals surface area contributed by atoms with Crippen LogP contribution in [-0.4, -0.2) is 20.0 Å². The van der Waals surface area contributed by atoms with E-state index in [4.69, 9.17) is 9.47 Å². The van der Waals surface area contributed by atoms with Gasteiger partial charge in [-0.1, -0.05) is 62.2 Å². The molecule has 0 heterocycles. The van der Waals surface area contributed by atoms with E-state index >= 15 is 0 Å². The highest BCUT2D eigenvalue weighted by Crippen LogP contribution is 2.25. The maximum atomic E-state index is 12.7. The van der Waals surface area contributed by atoms with Gasteiger partial charge in [-0.15, -0.1) is 0 Å². The van der Waals surface area contributed by atoms with E-state index < -0.39 is 0 Å². The van der Waals surface area contributed by atoms with Gasteiger partial charge in [0.05, 0.1) is 19.8 Å². The normalized spacial score (nSPS) is 11.6. The Morgan fingerprint density at radius 1 is 0.963 bits per heavy atom. The summed E-state index contributed by atoms with van der Waals surface area (Å²) in [4.78, 5) is 12.7. The number of carbonyl (C=O) groups excluding carboxylic acids is 1. The van der Waals surface area contributed by atoms with Crippen molar-refractivity contribution in [3.63, 3.8) is 0 Å². The summed E-state index contributed by atoms with van der Waals surface area (Å²) >= 11 is 0. The molecule has 2 aromatic rings. The molecule has 2 rings (SSSR count). The van der Waals surface area contributed by atoms with Crippen LogP contribution in [0.15, 0.2) is 66.3 Å². The van der Waals surface area contributed by atoms with Crippen LogP contribution in [0.25, 0.3) is 6.08 Å². The molecule has 0 aliphatic heterocycles. The molecule has 0 spiro atoms. The zero-order valence-corrected chi connectivity index (χ0v) is 16.4. The molecular formula is C24H28O3. The first-order valence-electron chi connectivity index (χ1n) is 9.38. The Kier molecular flexibility index (Phi) is 8.37. The molecule has 0 fully saturated rings. The van der Waals surface area contributed by atoms with Gasteiger partial charge in [0.2, 0.25) is 0 Å². The van der Waals surface area contributed by atoms with E-state index in [0.717, 1.165) is 24.0 Å². The van der Waals surface area contributed by atoms with Crippen LogP contribution in [0.4, 0.5) is 0 Å². The van der Waals surface area contributed by atoms with Crippen LogP contribution in [0.1, 0.15) is 48.5 Å². The minimum absolute atomic E-state index is 0.0970. The van der Waals surface area contributed by atoms with Crippen LogP contribution in [-0.2, 0) is 0 Å². The third-order valence-electron chi connectivity index (χ3n) is 4.34. The second-order valence-electron chi connectivity index (χ2n) is 6.35. The summed E-state index contributed by atoms with van der Waals surface area (Å²) in [5, 5.41) is 0. The Bertz CT molecular complexity index is 789. The van der Waals surface area contributed by atoms with Gasteiger partial charge >= 0.3 is 0 Å². The zero-order valence-electron chi connectivity index (χ0n) is 16.4. The SMILES string of the molecule is CCCCCC(=C/c1ccccc1)/C=C/C(=O)c1cc(OC)ccc1OC. The Morgan fingerprint density at radius 2 is 1.74 bits per heavy atom. The number of methoxy groups -OCH3 is 2. The number of ether oxygens (including phenoxy) is 2. The van der Waals surface area contributed by atoms with E-state index in [1.165, 1.54) is 12.8 Å². The highest BCUT2D eigenvalue weighted by molar-refractivity contribution is 6.07. The number of carbonyl (C=O) groups is 1. The van der Waals surface area contributed by atoms with Crippen molar-refractivity contribution < 1.29 is 14.3 Å². The Balaban J connectivity index is 2.24. The van der Waals surface area contributed by atoms with Gasteiger partial charge in [0, 0.05) is 0 Å². The van der Waals surface area contributed by atoms with Crippen LogP contribution in [0.2, 0.25) is 0 Å². The molecule has 0 N–H and O–H groups in total. The monoisotopic (exact) mass is 364 g/mol. The molecule has 0 aliphatic carbocycles. The topological polar surface area (TPSA) is 35.5 Å². The summed E-state index contributed by atoms with van der Waals surface area (Å²) in [5.41, 5.74) is 2.78. The average molecular weight is 364 g/mol. The molecule has 3 heteroatoms. The summed E-state index contributed by atoms with van der Waals surface area (Å²) in [7, 11) is 3.15. The number of allylic oxidation sites excluding steroid dienone is 3. The fourth-order valence-electron chi connectivity index (χ4n) is 2.83. The highest BCUT2D eigenvalue weighted by atomic mass is 16.5. The average Bonchev–Trinajstić information content (AvgIpc) is 2.72. The van der Waals surface area contributed by atoms with Crippen molar-refractivity contribution >= 4 is 11.9 Å². The lowest BCUT2D eigenvalue weighted by atomic mass is 10.0. The molecule has 142 valence electrons. The third kappa shape index (κ3) is 6.45. The molecular weight excluding hydrogens is 336 g/mol. The minimum atomic E-state index is -0.0970. The number of rotatable bonds is 10. The van der Waals surface area contributed by atoms with Crippen molar-refractivity contribution in [2.75, 3.05) is 14.2 Å². The first kappa shape index (κ1) is 20.5. The molecule has 0 unspecified atom stereocenters. The summed E-state index contributed by atoms with van der Waals surface area (Å²) in [6.07, 6.45) is 10.1. The van der Waals surface area contributed by atoms with Gasteiger partial charge in [-0.2, -0.15) is 0 Å². The number of hydrogen-bond donors (Lipinski definition) is 0. The van der Waals surface area contributed by atoms with Gasteiger partial charge in [0.1, 0.15) is 11.5 Å². The van der Waals surface area contributed by atoms with Gasteiger partial charge < -0.3 is 9.47 Å². The van der Waals surface area contributed by atoms with Gasteiger partial charge in [-0.05, 0) is 48.3 Å². The lowest BCUT2D eigenvalue weighted by molar-refractivity contribution is 0.104. The molecule has 3 nitrogen and oxygen atoms in total. The van der Waals surface area contributed by atoms with Crippen LogP contribution in [0.3, 0.4) is 0 Å². The molecule has 0 atom stereocenters. The van der Waals surface area contributed by atoms with E-state index in [9.17, 15) is 4.79 Å². The van der Waals surface area contributed by atoms with Crippen LogP contribution in [0.5, 0.6) is 11.5 Å². The van der Waals surface area contributed by atoms with Gasteiger partial charge in [0.25, 0.3) is 0 Å². The Labute approximate surface area is 162 Å². The number of benzene rings is 2. The van der Waals surface area contributed by atoms with Crippen molar-refractivity contribution in [1.29, 1.82) is 0 Å². The van der Waals surface area contributed by atoms with Gasteiger partial charge in [-0.25, -0.2) is 0 Å². The smallest absolute Gasteiger partial charge is 0.189 e. The lowest BCUT2D eigenvalue weighted by Gasteiger charge is -2.08. The summed E-state index contributed by atoms with van der Waals surface area (Å²) in [6.45, 7) is 2.19. The van der Waals surface area contributed by atoms with E-state index in [2.05, 4.69) is 25.1 Å². The first-order chi connectivity index (χ1) is 13.2. The quantitative estimate of drug-likeness (QED) is 0.221. The minimum Gasteiger partial charge on any atom is -0.497 e. The summed E-state index contributed by atoms with van der Waals surface area (Å²) < 4.78 is 10.6. The molecule has 2 aromatic carbocycles. The Hall–Kier alpha value is -2.81. The molecule has 0 amide bonds. The molecule has 0 saturated carbocycles. The summed E-state index contributed by atoms with van der Waals surface area (Å²) in [5.74, 6) is 1.08. The van der Waals surface area contributed by atoms with Crippen molar-refractivity contribution in [3.05, 3.63) is 77.4 Å². The van der Waals surface area contributed by atoms with Crippen molar-refractivity contribution in [1.82, 2.24) is 0 Å².